The van der Waals surface area contributed by atoms with Crippen LogP contribution in [-0.4, -0.2) is 17.5 Å². The van der Waals surface area contributed by atoms with E-state index in [1.165, 1.54) is 0 Å². The molecule has 26 heavy (non-hydrogen) atoms. The molecule has 2 aromatic rings. The van der Waals surface area contributed by atoms with Crippen molar-refractivity contribution >= 4 is 28.3 Å². The van der Waals surface area contributed by atoms with Crippen LogP contribution in [0.5, 0.6) is 0 Å². The molecule has 0 saturated carbocycles. The number of carbonyl (C=O) groups excluding carboxylic acids is 2. The molecule has 128 valence electrons. The lowest BCUT2D eigenvalue weighted by atomic mass is 9.85. The smallest absolute Gasteiger partial charge is 0.277 e. The fourth-order valence-corrected chi connectivity index (χ4v) is 3.30. The van der Waals surface area contributed by atoms with Crippen molar-refractivity contribution in [2.45, 2.75) is 13.8 Å². The number of allylic oxidation sites excluding steroid dienone is 3. The van der Waals surface area contributed by atoms with Gasteiger partial charge in [0, 0.05) is 22.8 Å². The Labute approximate surface area is 151 Å². The molecule has 1 atom stereocenters. The van der Waals surface area contributed by atoms with E-state index in [4.69, 9.17) is 0 Å². The lowest BCUT2D eigenvalue weighted by molar-refractivity contribution is -0.117. The number of hydrogen-bond donors (Lipinski definition) is 1. The number of nitrogens with one attached hydrogen (secondary N) is 1. The summed E-state index contributed by atoms with van der Waals surface area (Å²) in [6.45, 7) is 3.78. The number of rotatable bonds is 1. The molecule has 0 radical (unpaired) electrons. The first kappa shape index (κ1) is 16.2. The van der Waals surface area contributed by atoms with Gasteiger partial charge in [-0.25, -0.2) is 4.99 Å². The minimum absolute atomic E-state index is 0.0439. The summed E-state index contributed by atoms with van der Waals surface area (Å²) < 4.78 is 0. The van der Waals surface area contributed by atoms with Gasteiger partial charge in [0.2, 0.25) is 0 Å². The Bertz CT molecular complexity index is 1070. The van der Waals surface area contributed by atoms with Crippen molar-refractivity contribution in [1.29, 1.82) is 0 Å². The van der Waals surface area contributed by atoms with Gasteiger partial charge in [0.05, 0.1) is 5.71 Å². The van der Waals surface area contributed by atoms with Crippen molar-refractivity contribution < 1.29 is 9.59 Å². The summed E-state index contributed by atoms with van der Waals surface area (Å²) in [5.41, 5.74) is 3.62. The van der Waals surface area contributed by atoms with E-state index in [1.807, 2.05) is 62.4 Å². The van der Waals surface area contributed by atoms with Gasteiger partial charge in [0.25, 0.3) is 11.8 Å². The molecule has 1 unspecified atom stereocenters. The summed E-state index contributed by atoms with van der Waals surface area (Å²) in [4.78, 5) is 28.8. The maximum atomic E-state index is 12.6. The van der Waals surface area contributed by atoms with E-state index in [0.717, 1.165) is 27.6 Å². The molecular weight excluding hydrogens is 324 g/mol. The Hall–Kier alpha value is -3.27. The van der Waals surface area contributed by atoms with Crippen LogP contribution >= 0.6 is 0 Å². The molecule has 4 nitrogen and oxygen atoms in total. The molecule has 2 amide bonds. The standard InChI is InChI=1S/C22H18N2O2/c1-13-14(2)21(25)24-20-12-18(9-10-19(13)20)23-22(26)17-8-7-15-5-3-4-6-16(15)11-17/h3-12,19H,1-2H3,(H,24,25). The van der Waals surface area contributed by atoms with Crippen molar-refractivity contribution in [3.05, 3.63) is 83.1 Å². The van der Waals surface area contributed by atoms with E-state index in [9.17, 15) is 9.59 Å². The van der Waals surface area contributed by atoms with Gasteiger partial charge in [-0.3, -0.25) is 9.59 Å². The molecule has 1 aliphatic heterocycles. The first-order chi connectivity index (χ1) is 12.5. The SMILES string of the molecule is CC1=C(C)C2C=CC(=NC(=O)c3ccc4ccccc4c3)C=C2NC1=O. The highest BCUT2D eigenvalue weighted by Gasteiger charge is 2.27. The normalized spacial score (nSPS) is 20.8. The second-order valence-electron chi connectivity index (χ2n) is 6.60. The third kappa shape index (κ3) is 2.80. The van der Waals surface area contributed by atoms with Crippen LogP contribution in [-0.2, 0) is 4.79 Å². The Morgan fingerprint density at radius 1 is 1.08 bits per heavy atom. The molecule has 1 aliphatic carbocycles. The Kier molecular flexibility index (Phi) is 3.88. The summed E-state index contributed by atoms with van der Waals surface area (Å²) >= 11 is 0. The molecule has 2 aromatic carbocycles. The van der Waals surface area contributed by atoms with Crippen LogP contribution in [0.3, 0.4) is 0 Å². The highest BCUT2D eigenvalue weighted by Crippen LogP contribution is 2.30. The summed E-state index contributed by atoms with van der Waals surface area (Å²) in [7, 11) is 0. The minimum atomic E-state index is -0.295. The summed E-state index contributed by atoms with van der Waals surface area (Å²) in [5, 5.41) is 4.98. The number of hydrogen-bond acceptors (Lipinski definition) is 2. The predicted octanol–water partition coefficient (Wildman–Crippen LogP) is 3.96. The van der Waals surface area contributed by atoms with E-state index in [2.05, 4.69) is 10.3 Å². The third-order valence-corrected chi connectivity index (χ3v) is 4.98. The highest BCUT2D eigenvalue weighted by atomic mass is 16.2. The Balaban J connectivity index is 1.64. The van der Waals surface area contributed by atoms with Crippen LogP contribution in [0.15, 0.2) is 82.5 Å². The van der Waals surface area contributed by atoms with Crippen LogP contribution in [0.2, 0.25) is 0 Å². The van der Waals surface area contributed by atoms with Gasteiger partial charge in [0.15, 0.2) is 0 Å². The topological polar surface area (TPSA) is 58.5 Å². The molecule has 4 heteroatoms. The summed E-state index contributed by atoms with van der Waals surface area (Å²) in [6, 6.07) is 13.5. The monoisotopic (exact) mass is 342 g/mol. The Morgan fingerprint density at radius 2 is 1.85 bits per heavy atom. The van der Waals surface area contributed by atoms with Crippen LogP contribution in [0, 0.1) is 5.92 Å². The minimum Gasteiger partial charge on any atom is -0.325 e. The number of amides is 2. The van der Waals surface area contributed by atoms with Crippen molar-refractivity contribution in [3.8, 4) is 0 Å². The molecule has 1 N–H and O–H groups in total. The number of carbonyl (C=O) groups is 2. The van der Waals surface area contributed by atoms with Crippen LogP contribution < -0.4 is 5.32 Å². The largest absolute Gasteiger partial charge is 0.325 e. The average Bonchev–Trinajstić information content (AvgIpc) is 2.65. The van der Waals surface area contributed by atoms with Gasteiger partial charge in [0.1, 0.15) is 0 Å². The van der Waals surface area contributed by atoms with Gasteiger partial charge in [-0.1, -0.05) is 42.0 Å². The molecule has 0 spiro atoms. The highest BCUT2D eigenvalue weighted by molar-refractivity contribution is 6.14. The van der Waals surface area contributed by atoms with Gasteiger partial charge < -0.3 is 5.32 Å². The molecule has 2 aliphatic rings. The van der Waals surface area contributed by atoms with Crippen molar-refractivity contribution in [1.82, 2.24) is 5.32 Å². The lowest BCUT2D eigenvalue weighted by Gasteiger charge is -2.28. The zero-order chi connectivity index (χ0) is 18.3. The number of nitrogens with zero attached hydrogens (tertiary/aromatic N) is 1. The maximum absolute atomic E-state index is 12.6. The quantitative estimate of drug-likeness (QED) is 0.853. The molecule has 1 heterocycles. The van der Waals surface area contributed by atoms with Crippen LogP contribution in [0.4, 0.5) is 0 Å². The number of benzene rings is 2. The molecule has 0 saturated heterocycles. The molecule has 0 aromatic heterocycles. The van der Waals surface area contributed by atoms with Crippen molar-refractivity contribution in [3.63, 3.8) is 0 Å². The van der Waals surface area contributed by atoms with Crippen LogP contribution in [0.1, 0.15) is 24.2 Å². The fraction of sp³-hybridized carbons (Fsp3) is 0.136. The Morgan fingerprint density at radius 3 is 2.65 bits per heavy atom. The molecule has 0 fully saturated rings. The number of aliphatic imine (C=N–C) groups is 1. The molecular formula is C22H18N2O2. The second-order valence-corrected chi connectivity index (χ2v) is 6.60. The zero-order valence-corrected chi connectivity index (χ0v) is 14.6. The second kappa shape index (κ2) is 6.23. The van der Waals surface area contributed by atoms with E-state index >= 15 is 0 Å². The average molecular weight is 342 g/mol. The predicted molar refractivity (Wildman–Crippen MR) is 103 cm³/mol. The van der Waals surface area contributed by atoms with Gasteiger partial charge in [-0.2, -0.15) is 0 Å². The van der Waals surface area contributed by atoms with Gasteiger partial charge >= 0.3 is 0 Å². The van der Waals surface area contributed by atoms with Gasteiger partial charge in [-0.15, -0.1) is 0 Å². The van der Waals surface area contributed by atoms with Gasteiger partial charge in [-0.05, 0) is 48.9 Å². The maximum Gasteiger partial charge on any atom is 0.277 e. The summed E-state index contributed by atoms with van der Waals surface area (Å²) in [6.07, 6.45) is 5.58. The first-order valence-corrected chi connectivity index (χ1v) is 8.53. The first-order valence-electron chi connectivity index (χ1n) is 8.53. The van der Waals surface area contributed by atoms with E-state index in [-0.39, 0.29) is 17.7 Å². The fourth-order valence-electron chi connectivity index (χ4n) is 3.30. The molecule has 4 rings (SSSR count). The lowest BCUT2D eigenvalue weighted by Crippen LogP contribution is -2.35. The van der Waals surface area contributed by atoms with E-state index < -0.39 is 0 Å². The third-order valence-electron chi connectivity index (χ3n) is 4.98. The van der Waals surface area contributed by atoms with Crippen molar-refractivity contribution in [2.75, 3.05) is 0 Å². The number of fused-ring (bicyclic) bond motifs is 2. The van der Waals surface area contributed by atoms with Crippen LogP contribution in [0.25, 0.3) is 10.8 Å². The summed E-state index contributed by atoms with van der Waals surface area (Å²) in [5.74, 6) is -0.348. The molecule has 0 bridgehead atoms. The van der Waals surface area contributed by atoms with E-state index in [1.54, 1.807) is 12.1 Å². The zero-order valence-electron chi connectivity index (χ0n) is 14.6. The van der Waals surface area contributed by atoms with Crippen molar-refractivity contribution in [2.24, 2.45) is 10.9 Å². The van der Waals surface area contributed by atoms with E-state index in [0.29, 0.717) is 11.3 Å².